The monoisotopic (exact) mass is 256 g/mol. The highest BCUT2D eigenvalue weighted by atomic mass is 28.4. The molecule has 0 spiro atoms. The minimum atomic E-state index is -1.73. The van der Waals surface area contributed by atoms with Crippen molar-refractivity contribution >= 4 is 14.3 Å². The molecule has 98 valence electrons. The second kappa shape index (κ2) is 4.94. The van der Waals surface area contributed by atoms with Crippen LogP contribution in [0.15, 0.2) is 12.2 Å². The van der Waals surface area contributed by atoms with Crippen LogP contribution >= 0.6 is 0 Å². The Balaban J connectivity index is 2.52. The molecule has 0 aliphatic heterocycles. The summed E-state index contributed by atoms with van der Waals surface area (Å²) in [7, 11) is -1.73. The van der Waals surface area contributed by atoms with Crippen LogP contribution in [-0.4, -0.2) is 26.5 Å². The van der Waals surface area contributed by atoms with Crippen LogP contribution in [0.25, 0.3) is 0 Å². The van der Waals surface area contributed by atoms with Crippen molar-refractivity contribution in [2.75, 3.05) is 0 Å². The van der Waals surface area contributed by atoms with E-state index in [1.54, 1.807) is 0 Å². The number of hydrogen-bond donors (Lipinski definition) is 0. The minimum absolute atomic E-state index is 0.0974. The molecule has 0 saturated carbocycles. The molecular formula is C13H24O3Si. The Morgan fingerprint density at radius 2 is 1.76 bits per heavy atom. The van der Waals surface area contributed by atoms with Crippen LogP contribution in [0, 0.1) is 0 Å². The number of ether oxygens (including phenoxy) is 1. The van der Waals surface area contributed by atoms with Crippen LogP contribution in [0.5, 0.6) is 0 Å². The van der Waals surface area contributed by atoms with Gasteiger partial charge in [0.05, 0.1) is 6.10 Å². The Bertz CT molecular complexity index is 315. The lowest BCUT2D eigenvalue weighted by Crippen LogP contribution is -2.43. The average molecular weight is 256 g/mol. The smallest absolute Gasteiger partial charge is 0.303 e. The molecule has 1 aliphatic rings. The lowest BCUT2D eigenvalue weighted by Gasteiger charge is -2.38. The summed E-state index contributed by atoms with van der Waals surface area (Å²) in [5.41, 5.74) is 0. The number of rotatable bonds is 3. The van der Waals surface area contributed by atoms with Gasteiger partial charge in [-0.3, -0.25) is 4.79 Å². The Morgan fingerprint density at radius 1 is 1.24 bits per heavy atom. The number of carbonyl (C=O) groups is 1. The fraction of sp³-hybridized carbons (Fsp3) is 0.769. The second-order valence-corrected chi connectivity index (χ2v) is 10.9. The van der Waals surface area contributed by atoms with E-state index in [0.717, 1.165) is 6.42 Å². The molecule has 0 aromatic rings. The van der Waals surface area contributed by atoms with Gasteiger partial charge in [-0.2, -0.15) is 0 Å². The molecule has 1 aliphatic carbocycles. The molecule has 0 aromatic carbocycles. The summed E-state index contributed by atoms with van der Waals surface area (Å²) in [6.07, 6.45) is 4.70. The zero-order valence-electron chi connectivity index (χ0n) is 11.7. The van der Waals surface area contributed by atoms with Crippen molar-refractivity contribution in [3.05, 3.63) is 12.2 Å². The van der Waals surface area contributed by atoms with Crippen molar-refractivity contribution in [2.24, 2.45) is 0 Å². The summed E-state index contributed by atoms with van der Waals surface area (Å²) in [5, 5.41) is 0.209. The zero-order valence-corrected chi connectivity index (χ0v) is 12.7. The van der Waals surface area contributed by atoms with Crippen LogP contribution in [0.4, 0.5) is 0 Å². The highest BCUT2D eigenvalue weighted by Crippen LogP contribution is 2.38. The lowest BCUT2D eigenvalue weighted by atomic mass is 10.2. The standard InChI is InChI=1S/C13H24O3Si/c1-10(14)15-11-7-8-12(9-11)16-17(5,6)13(2,3)4/h7-8,11-12H,9H2,1-6H3/t11-,12?/m0/s1. The van der Waals surface area contributed by atoms with Crippen molar-refractivity contribution in [2.45, 2.75) is 64.5 Å². The molecule has 2 atom stereocenters. The van der Waals surface area contributed by atoms with Gasteiger partial charge < -0.3 is 9.16 Å². The molecule has 17 heavy (non-hydrogen) atoms. The SMILES string of the molecule is CC(=O)O[C@H]1C=CC(O[Si](C)(C)C(C)(C)C)C1. The van der Waals surface area contributed by atoms with Crippen LogP contribution < -0.4 is 0 Å². The summed E-state index contributed by atoms with van der Waals surface area (Å²) in [4.78, 5) is 10.9. The van der Waals surface area contributed by atoms with E-state index in [0.29, 0.717) is 0 Å². The first kappa shape index (κ1) is 14.4. The van der Waals surface area contributed by atoms with E-state index in [9.17, 15) is 4.79 Å². The number of carbonyl (C=O) groups excluding carboxylic acids is 1. The molecule has 0 bridgehead atoms. The van der Waals surface area contributed by atoms with Gasteiger partial charge in [-0.25, -0.2) is 0 Å². The van der Waals surface area contributed by atoms with E-state index >= 15 is 0 Å². The molecule has 0 heterocycles. The van der Waals surface area contributed by atoms with Gasteiger partial charge in [0, 0.05) is 13.3 Å². The van der Waals surface area contributed by atoms with Gasteiger partial charge in [-0.05, 0) is 24.2 Å². The fourth-order valence-electron chi connectivity index (χ4n) is 1.58. The normalized spacial score (nSPS) is 25.1. The Kier molecular flexibility index (Phi) is 4.20. The molecule has 0 N–H and O–H groups in total. The largest absolute Gasteiger partial charge is 0.458 e. The van der Waals surface area contributed by atoms with Crippen LogP contribution in [0.2, 0.25) is 18.1 Å². The quantitative estimate of drug-likeness (QED) is 0.442. The summed E-state index contributed by atoms with van der Waals surface area (Å²) in [6.45, 7) is 12.6. The highest BCUT2D eigenvalue weighted by Gasteiger charge is 2.39. The molecule has 4 heteroatoms. The maximum atomic E-state index is 10.9. The Morgan fingerprint density at radius 3 is 2.24 bits per heavy atom. The molecule has 0 saturated heterocycles. The molecule has 1 rings (SSSR count). The third kappa shape index (κ3) is 3.96. The van der Waals surface area contributed by atoms with Gasteiger partial charge in [0.2, 0.25) is 0 Å². The first-order valence-electron chi connectivity index (χ1n) is 6.15. The zero-order chi connectivity index (χ0) is 13.3. The van der Waals surface area contributed by atoms with Gasteiger partial charge in [-0.1, -0.05) is 26.8 Å². The van der Waals surface area contributed by atoms with Gasteiger partial charge >= 0.3 is 5.97 Å². The highest BCUT2D eigenvalue weighted by molar-refractivity contribution is 6.74. The van der Waals surface area contributed by atoms with Crippen molar-refractivity contribution in [3.63, 3.8) is 0 Å². The van der Waals surface area contributed by atoms with Gasteiger partial charge in [0.1, 0.15) is 6.10 Å². The topological polar surface area (TPSA) is 35.5 Å². The Hall–Kier alpha value is -0.613. The summed E-state index contributed by atoms with van der Waals surface area (Å²) >= 11 is 0. The molecule has 0 fully saturated rings. The minimum Gasteiger partial charge on any atom is -0.458 e. The molecule has 3 nitrogen and oxygen atoms in total. The van der Waals surface area contributed by atoms with E-state index in [1.165, 1.54) is 6.92 Å². The van der Waals surface area contributed by atoms with Crippen molar-refractivity contribution in [3.8, 4) is 0 Å². The van der Waals surface area contributed by atoms with Crippen molar-refractivity contribution in [1.82, 2.24) is 0 Å². The molecule has 0 radical (unpaired) electrons. The lowest BCUT2D eigenvalue weighted by molar-refractivity contribution is -0.144. The van der Waals surface area contributed by atoms with Gasteiger partial charge in [0.25, 0.3) is 0 Å². The average Bonchev–Trinajstić information content (AvgIpc) is 2.48. The predicted octanol–water partition coefficient (Wildman–Crippen LogP) is 3.27. The van der Waals surface area contributed by atoms with E-state index in [4.69, 9.17) is 9.16 Å². The molecule has 1 unspecified atom stereocenters. The number of esters is 1. The van der Waals surface area contributed by atoms with Crippen molar-refractivity contribution in [1.29, 1.82) is 0 Å². The first-order chi connectivity index (χ1) is 7.62. The fourth-order valence-corrected chi connectivity index (χ4v) is 2.86. The van der Waals surface area contributed by atoms with Crippen LogP contribution in [0.1, 0.15) is 34.1 Å². The first-order valence-corrected chi connectivity index (χ1v) is 9.06. The molecular weight excluding hydrogens is 232 g/mol. The Labute approximate surface area is 105 Å². The molecule has 0 amide bonds. The third-order valence-electron chi connectivity index (χ3n) is 3.57. The predicted molar refractivity (Wildman–Crippen MR) is 71.4 cm³/mol. The maximum Gasteiger partial charge on any atom is 0.303 e. The van der Waals surface area contributed by atoms with Crippen molar-refractivity contribution < 1.29 is 14.0 Å². The number of hydrogen-bond acceptors (Lipinski definition) is 3. The maximum absolute atomic E-state index is 10.9. The van der Waals surface area contributed by atoms with E-state index in [1.807, 2.05) is 12.2 Å². The van der Waals surface area contributed by atoms with Crippen LogP contribution in [0.3, 0.4) is 0 Å². The molecule has 0 aromatic heterocycles. The third-order valence-corrected chi connectivity index (χ3v) is 8.08. The van der Waals surface area contributed by atoms with E-state index in [-0.39, 0.29) is 23.2 Å². The summed E-state index contributed by atoms with van der Waals surface area (Å²) < 4.78 is 11.4. The van der Waals surface area contributed by atoms with Crippen LogP contribution in [-0.2, 0) is 14.0 Å². The van der Waals surface area contributed by atoms with E-state index < -0.39 is 8.32 Å². The van der Waals surface area contributed by atoms with Gasteiger partial charge in [0.15, 0.2) is 8.32 Å². The second-order valence-electron chi connectivity index (χ2n) is 6.19. The van der Waals surface area contributed by atoms with Gasteiger partial charge in [-0.15, -0.1) is 0 Å². The van der Waals surface area contributed by atoms with E-state index in [2.05, 4.69) is 33.9 Å². The summed E-state index contributed by atoms with van der Waals surface area (Å²) in [5.74, 6) is -0.229. The summed E-state index contributed by atoms with van der Waals surface area (Å²) in [6, 6.07) is 0.